The second-order valence-electron chi connectivity index (χ2n) is 4.03. The van der Waals surface area contributed by atoms with E-state index < -0.39 is 0 Å². The average molecular weight is 254 g/mol. The quantitative estimate of drug-likeness (QED) is 0.610. The third kappa shape index (κ3) is 2.91. The highest BCUT2D eigenvalue weighted by Crippen LogP contribution is 2.22. The van der Waals surface area contributed by atoms with Crippen LogP contribution < -0.4 is 4.74 Å². The molecule has 0 fully saturated rings. The van der Waals surface area contributed by atoms with Gasteiger partial charge in [0.25, 0.3) is 5.91 Å². The van der Waals surface area contributed by atoms with Crippen molar-refractivity contribution in [2.24, 2.45) is 0 Å². The van der Waals surface area contributed by atoms with E-state index in [0.29, 0.717) is 30.3 Å². The molecule has 0 spiro atoms. The van der Waals surface area contributed by atoms with Gasteiger partial charge in [0.15, 0.2) is 0 Å². The largest absolute Gasteiger partial charge is 0.491 e. The molecule has 1 heterocycles. The third-order valence-corrected chi connectivity index (χ3v) is 3.10. The predicted octanol–water partition coefficient (Wildman–Crippen LogP) is 2.54. The van der Waals surface area contributed by atoms with Crippen molar-refractivity contribution in [2.75, 3.05) is 25.6 Å². The lowest BCUT2D eigenvalue weighted by Gasteiger charge is -2.19. The summed E-state index contributed by atoms with van der Waals surface area (Å²) in [4.78, 5) is 14.1. The Bertz CT molecular complexity index is 395. The second kappa shape index (κ2) is 5.92. The van der Waals surface area contributed by atoms with Gasteiger partial charge in [-0.3, -0.25) is 4.79 Å². The summed E-state index contributed by atoms with van der Waals surface area (Å²) in [5, 5.41) is 0. The number of hydrogen-bond acceptors (Lipinski definition) is 2. The van der Waals surface area contributed by atoms with Crippen LogP contribution >= 0.6 is 11.6 Å². The van der Waals surface area contributed by atoms with Gasteiger partial charge in [-0.25, -0.2) is 0 Å². The summed E-state index contributed by atoms with van der Waals surface area (Å²) in [5.41, 5.74) is 0.663. The number of hydrogen-bond donors (Lipinski definition) is 0. The molecule has 1 aromatic rings. The van der Waals surface area contributed by atoms with Crippen molar-refractivity contribution in [3.63, 3.8) is 0 Å². The summed E-state index contributed by atoms with van der Waals surface area (Å²) in [7, 11) is 0. The van der Waals surface area contributed by atoms with Gasteiger partial charge in [0, 0.05) is 12.4 Å². The van der Waals surface area contributed by atoms with Crippen molar-refractivity contribution >= 4 is 17.5 Å². The zero-order chi connectivity index (χ0) is 12.1. The van der Waals surface area contributed by atoms with Crippen molar-refractivity contribution < 1.29 is 9.53 Å². The molecule has 0 saturated carbocycles. The lowest BCUT2D eigenvalue weighted by Crippen LogP contribution is -2.33. The van der Waals surface area contributed by atoms with E-state index in [9.17, 15) is 4.79 Å². The summed E-state index contributed by atoms with van der Waals surface area (Å²) in [6.07, 6.45) is 1.88. The van der Waals surface area contributed by atoms with Gasteiger partial charge in [-0.2, -0.15) is 0 Å². The van der Waals surface area contributed by atoms with Gasteiger partial charge >= 0.3 is 0 Å². The molecule has 0 aromatic heterocycles. The molecule has 0 aliphatic carbocycles. The van der Waals surface area contributed by atoms with Gasteiger partial charge in [-0.15, -0.1) is 11.6 Å². The Morgan fingerprint density at radius 2 is 2.12 bits per heavy atom. The number of carbonyl (C=O) groups excluding carboxylic acids is 1. The maximum atomic E-state index is 12.2. The van der Waals surface area contributed by atoms with Crippen LogP contribution in [0.3, 0.4) is 0 Å². The van der Waals surface area contributed by atoms with Crippen molar-refractivity contribution in [2.45, 2.75) is 12.8 Å². The summed E-state index contributed by atoms with van der Waals surface area (Å²) >= 11 is 5.64. The average Bonchev–Trinajstić information content (AvgIpc) is 2.51. The van der Waals surface area contributed by atoms with E-state index in [1.165, 1.54) is 0 Å². The summed E-state index contributed by atoms with van der Waals surface area (Å²) < 4.78 is 5.57. The van der Waals surface area contributed by atoms with Gasteiger partial charge in [-0.1, -0.05) is 12.1 Å². The van der Waals surface area contributed by atoms with E-state index in [1.807, 2.05) is 29.2 Å². The van der Waals surface area contributed by atoms with Gasteiger partial charge < -0.3 is 9.64 Å². The summed E-state index contributed by atoms with van der Waals surface area (Å²) in [6.45, 7) is 1.96. The minimum Gasteiger partial charge on any atom is -0.491 e. The molecule has 1 amide bonds. The third-order valence-electron chi connectivity index (χ3n) is 2.84. The van der Waals surface area contributed by atoms with E-state index in [1.54, 1.807) is 0 Å². The van der Waals surface area contributed by atoms with Crippen LogP contribution in [0.25, 0.3) is 0 Å². The molecule has 0 N–H and O–H groups in total. The zero-order valence-corrected chi connectivity index (χ0v) is 10.4. The molecule has 92 valence electrons. The van der Waals surface area contributed by atoms with Crippen molar-refractivity contribution in [3.8, 4) is 5.75 Å². The first-order chi connectivity index (χ1) is 8.33. The number of fused-ring (bicyclic) bond motifs is 1. The molecule has 1 aliphatic heterocycles. The number of carbonyl (C=O) groups is 1. The molecule has 1 aliphatic rings. The highest BCUT2D eigenvalue weighted by atomic mass is 35.5. The molecule has 0 atom stereocenters. The number of rotatable bonds is 4. The van der Waals surface area contributed by atoms with E-state index >= 15 is 0 Å². The fraction of sp³-hybridized carbons (Fsp3) is 0.462. The van der Waals surface area contributed by atoms with Crippen LogP contribution in [0.15, 0.2) is 24.3 Å². The van der Waals surface area contributed by atoms with Crippen LogP contribution in [0.1, 0.15) is 23.2 Å². The van der Waals surface area contributed by atoms with Crippen LogP contribution in [0.2, 0.25) is 0 Å². The maximum absolute atomic E-state index is 12.2. The molecule has 17 heavy (non-hydrogen) atoms. The van der Waals surface area contributed by atoms with E-state index in [-0.39, 0.29) is 5.91 Å². The van der Waals surface area contributed by atoms with E-state index in [2.05, 4.69) is 0 Å². The monoisotopic (exact) mass is 253 g/mol. The Labute approximate surface area is 106 Å². The van der Waals surface area contributed by atoms with Gasteiger partial charge in [0.2, 0.25) is 0 Å². The van der Waals surface area contributed by atoms with Crippen molar-refractivity contribution in [3.05, 3.63) is 29.8 Å². The number of ether oxygens (including phenoxy) is 1. The highest BCUT2D eigenvalue weighted by Gasteiger charge is 2.22. The lowest BCUT2D eigenvalue weighted by atomic mass is 10.1. The number of alkyl halides is 1. The summed E-state index contributed by atoms with van der Waals surface area (Å²) in [5.74, 6) is 1.40. The van der Waals surface area contributed by atoms with Crippen LogP contribution in [0.4, 0.5) is 0 Å². The molecular formula is C13H16ClNO2. The van der Waals surface area contributed by atoms with Crippen LogP contribution in [0.5, 0.6) is 5.75 Å². The fourth-order valence-electron chi connectivity index (χ4n) is 1.92. The van der Waals surface area contributed by atoms with Gasteiger partial charge in [0.05, 0.1) is 12.1 Å². The molecule has 0 unspecified atom stereocenters. The van der Waals surface area contributed by atoms with E-state index in [4.69, 9.17) is 16.3 Å². The minimum absolute atomic E-state index is 0.0627. The molecule has 0 bridgehead atoms. The Hall–Kier alpha value is -1.22. The first-order valence-electron chi connectivity index (χ1n) is 5.90. The van der Waals surface area contributed by atoms with Crippen LogP contribution in [-0.2, 0) is 0 Å². The fourth-order valence-corrected chi connectivity index (χ4v) is 2.11. The van der Waals surface area contributed by atoms with Crippen molar-refractivity contribution in [1.82, 2.24) is 4.90 Å². The summed E-state index contributed by atoms with van der Waals surface area (Å²) in [6, 6.07) is 7.41. The standard InChI is InChI=1S/C13H16ClNO2/c14-7-3-4-8-15-9-10-17-12-6-2-1-5-11(12)13(15)16/h1-2,5-6H,3-4,7-10H2. The number of benzene rings is 1. The lowest BCUT2D eigenvalue weighted by molar-refractivity contribution is 0.0753. The van der Waals surface area contributed by atoms with Gasteiger partial charge in [-0.05, 0) is 25.0 Å². The number of nitrogens with zero attached hydrogens (tertiary/aromatic N) is 1. The van der Waals surface area contributed by atoms with Gasteiger partial charge in [0.1, 0.15) is 12.4 Å². The van der Waals surface area contributed by atoms with E-state index in [0.717, 1.165) is 19.4 Å². The number of para-hydroxylation sites is 1. The smallest absolute Gasteiger partial charge is 0.257 e. The van der Waals surface area contributed by atoms with Crippen LogP contribution in [-0.4, -0.2) is 36.4 Å². The Balaban J connectivity index is 2.09. The Kier molecular flexibility index (Phi) is 4.26. The maximum Gasteiger partial charge on any atom is 0.257 e. The second-order valence-corrected chi connectivity index (χ2v) is 4.41. The molecular weight excluding hydrogens is 238 g/mol. The molecule has 0 radical (unpaired) electrons. The highest BCUT2D eigenvalue weighted by molar-refractivity contribution is 6.17. The molecule has 0 saturated heterocycles. The first-order valence-corrected chi connectivity index (χ1v) is 6.43. The Morgan fingerprint density at radius 3 is 2.94 bits per heavy atom. The molecule has 2 rings (SSSR count). The Morgan fingerprint density at radius 1 is 1.29 bits per heavy atom. The van der Waals surface area contributed by atoms with Crippen molar-refractivity contribution in [1.29, 1.82) is 0 Å². The first kappa shape index (κ1) is 12.2. The topological polar surface area (TPSA) is 29.5 Å². The minimum atomic E-state index is 0.0627. The predicted molar refractivity (Wildman–Crippen MR) is 67.8 cm³/mol. The zero-order valence-electron chi connectivity index (χ0n) is 9.69. The van der Waals surface area contributed by atoms with Crippen LogP contribution in [0, 0.1) is 0 Å². The molecule has 4 heteroatoms. The molecule has 3 nitrogen and oxygen atoms in total. The number of amides is 1. The normalized spacial score (nSPS) is 15.1. The molecule has 1 aromatic carbocycles. The number of halogens is 1. The number of unbranched alkanes of at least 4 members (excludes halogenated alkanes) is 1. The SMILES string of the molecule is O=C1c2ccccc2OCCN1CCCCCl.